The zero-order valence-electron chi connectivity index (χ0n) is 10.8. The lowest BCUT2D eigenvalue weighted by Gasteiger charge is -2.27. The van der Waals surface area contributed by atoms with E-state index >= 15 is 0 Å². The molecule has 1 unspecified atom stereocenters. The van der Waals surface area contributed by atoms with Gasteiger partial charge in [0.15, 0.2) is 0 Å². The Hall–Kier alpha value is -0.120. The van der Waals surface area contributed by atoms with Crippen molar-refractivity contribution in [3.05, 3.63) is 0 Å². The maximum atomic E-state index is 5.50. The van der Waals surface area contributed by atoms with Gasteiger partial charge in [0.25, 0.3) is 0 Å². The first kappa shape index (κ1) is 13.9. The molecule has 1 atom stereocenters. The van der Waals surface area contributed by atoms with E-state index in [4.69, 9.17) is 10.5 Å². The van der Waals surface area contributed by atoms with Crippen molar-refractivity contribution in [1.82, 2.24) is 4.90 Å². The summed E-state index contributed by atoms with van der Waals surface area (Å²) in [6.45, 7) is 5.21. The normalized spacial score (nSPS) is 21.6. The number of unbranched alkanes of at least 4 members (excludes halogenated alkanes) is 3. The van der Waals surface area contributed by atoms with Crippen LogP contribution in [0.2, 0.25) is 0 Å². The summed E-state index contributed by atoms with van der Waals surface area (Å²) in [6.07, 6.45) is 7.69. The van der Waals surface area contributed by atoms with E-state index in [2.05, 4.69) is 11.9 Å². The van der Waals surface area contributed by atoms with Crippen molar-refractivity contribution in [2.24, 2.45) is 11.7 Å². The maximum absolute atomic E-state index is 5.50. The summed E-state index contributed by atoms with van der Waals surface area (Å²) in [5.41, 5.74) is 5.47. The van der Waals surface area contributed by atoms with Crippen LogP contribution in [0.5, 0.6) is 0 Å². The van der Waals surface area contributed by atoms with E-state index in [0.717, 1.165) is 25.7 Å². The largest absolute Gasteiger partial charge is 0.381 e. The molecular formula is C13H28N2O. The molecule has 0 radical (unpaired) electrons. The number of ether oxygens (including phenoxy) is 1. The fraction of sp³-hybridized carbons (Fsp3) is 1.00. The predicted molar refractivity (Wildman–Crippen MR) is 68.6 cm³/mol. The van der Waals surface area contributed by atoms with Crippen molar-refractivity contribution < 1.29 is 4.74 Å². The van der Waals surface area contributed by atoms with Crippen molar-refractivity contribution in [2.45, 2.75) is 38.5 Å². The second-order valence-corrected chi connectivity index (χ2v) is 5.05. The minimum absolute atomic E-state index is 0.766. The van der Waals surface area contributed by atoms with Gasteiger partial charge < -0.3 is 15.4 Å². The summed E-state index contributed by atoms with van der Waals surface area (Å²) in [6, 6.07) is 0. The van der Waals surface area contributed by atoms with Gasteiger partial charge in [0.1, 0.15) is 0 Å². The molecule has 1 fully saturated rings. The molecule has 3 heteroatoms. The first-order valence-electron chi connectivity index (χ1n) is 6.79. The van der Waals surface area contributed by atoms with E-state index in [1.165, 1.54) is 51.6 Å². The van der Waals surface area contributed by atoms with Gasteiger partial charge in [0.2, 0.25) is 0 Å². The van der Waals surface area contributed by atoms with Gasteiger partial charge in [-0.2, -0.15) is 0 Å². The molecule has 0 bridgehead atoms. The van der Waals surface area contributed by atoms with E-state index in [1.54, 1.807) is 0 Å². The summed E-state index contributed by atoms with van der Waals surface area (Å²) in [4.78, 5) is 2.46. The fourth-order valence-electron chi connectivity index (χ4n) is 2.36. The second-order valence-electron chi connectivity index (χ2n) is 5.05. The van der Waals surface area contributed by atoms with Gasteiger partial charge in [-0.1, -0.05) is 12.8 Å². The molecule has 0 aromatic heterocycles. The van der Waals surface area contributed by atoms with Crippen molar-refractivity contribution in [2.75, 3.05) is 39.9 Å². The van der Waals surface area contributed by atoms with Crippen molar-refractivity contribution >= 4 is 0 Å². The highest BCUT2D eigenvalue weighted by Gasteiger charge is 2.15. The lowest BCUT2D eigenvalue weighted by atomic mass is 10.0. The SMILES string of the molecule is CN(CCCCCCN)CC1CCCOC1. The standard InChI is InChI=1S/C13H28N2O/c1-15(9-5-3-2-4-8-14)11-13-7-6-10-16-12-13/h13H,2-12,14H2,1H3. The highest BCUT2D eigenvalue weighted by Crippen LogP contribution is 2.14. The van der Waals surface area contributed by atoms with E-state index in [-0.39, 0.29) is 0 Å². The van der Waals surface area contributed by atoms with Crippen LogP contribution in [0.25, 0.3) is 0 Å². The van der Waals surface area contributed by atoms with Crippen LogP contribution in [0.15, 0.2) is 0 Å². The van der Waals surface area contributed by atoms with Crippen LogP contribution in [0.4, 0.5) is 0 Å². The molecule has 1 aliphatic rings. The van der Waals surface area contributed by atoms with Crippen molar-refractivity contribution in [3.8, 4) is 0 Å². The molecule has 0 saturated carbocycles. The Morgan fingerprint density at radius 2 is 2.06 bits per heavy atom. The first-order chi connectivity index (χ1) is 7.83. The second kappa shape index (κ2) is 8.97. The zero-order valence-corrected chi connectivity index (χ0v) is 10.8. The molecule has 0 aliphatic carbocycles. The van der Waals surface area contributed by atoms with Crippen LogP contribution >= 0.6 is 0 Å². The molecule has 0 aromatic rings. The number of nitrogens with zero attached hydrogens (tertiary/aromatic N) is 1. The Morgan fingerprint density at radius 1 is 1.25 bits per heavy atom. The number of hydrogen-bond donors (Lipinski definition) is 1. The molecular weight excluding hydrogens is 200 g/mol. The highest BCUT2D eigenvalue weighted by molar-refractivity contribution is 4.67. The summed E-state index contributed by atoms with van der Waals surface area (Å²) < 4.78 is 5.50. The Bertz CT molecular complexity index is 158. The number of hydrogen-bond acceptors (Lipinski definition) is 3. The summed E-state index contributed by atoms with van der Waals surface area (Å²) >= 11 is 0. The molecule has 0 aromatic carbocycles. The summed E-state index contributed by atoms with van der Waals surface area (Å²) in [7, 11) is 2.23. The third-order valence-electron chi connectivity index (χ3n) is 3.32. The Balaban J connectivity index is 1.95. The maximum Gasteiger partial charge on any atom is 0.0506 e. The lowest BCUT2D eigenvalue weighted by molar-refractivity contribution is 0.0419. The van der Waals surface area contributed by atoms with E-state index in [9.17, 15) is 0 Å². The molecule has 0 spiro atoms. The molecule has 1 saturated heterocycles. The smallest absolute Gasteiger partial charge is 0.0506 e. The van der Waals surface area contributed by atoms with Gasteiger partial charge in [0, 0.05) is 13.2 Å². The first-order valence-corrected chi connectivity index (χ1v) is 6.79. The minimum atomic E-state index is 0.766. The summed E-state index contributed by atoms with van der Waals surface area (Å²) in [5.74, 6) is 0.766. The quantitative estimate of drug-likeness (QED) is 0.645. The lowest BCUT2D eigenvalue weighted by Crippen LogP contribution is -2.31. The fourth-order valence-corrected chi connectivity index (χ4v) is 2.36. The number of rotatable bonds is 8. The average Bonchev–Trinajstić information content (AvgIpc) is 2.30. The van der Waals surface area contributed by atoms with Crippen LogP contribution < -0.4 is 5.73 Å². The van der Waals surface area contributed by atoms with Gasteiger partial charge in [0.05, 0.1) is 6.61 Å². The zero-order chi connectivity index (χ0) is 11.6. The third kappa shape index (κ3) is 6.46. The third-order valence-corrected chi connectivity index (χ3v) is 3.32. The molecule has 2 N–H and O–H groups in total. The Labute approximate surface area is 100 Å². The molecule has 96 valence electrons. The van der Waals surface area contributed by atoms with E-state index in [1.807, 2.05) is 0 Å². The van der Waals surface area contributed by atoms with Crippen LogP contribution in [0, 0.1) is 5.92 Å². The predicted octanol–water partition coefficient (Wildman–Crippen LogP) is 1.86. The monoisotopic (exact) mass is 228 g/mol. The average molecular weight is 228 g/mol. The molecule has 1 aliphatic heterocycles. The Morgan fingerprint density at radius 3 is 2.75 bits per heavy atom. The summed E-state index contributed by atoms with van der Waals surface area (Å²) in [5, 5.41) is 0. The van der Waals surface area contributed by atoms with Crippen LogP contribution in [0.3, 0.4) is 0 Å². The van der Waals surface area contributed by atoms with Gasteiger partial charge in [-0.05, 0) is 51.7 Å². The highest BCUT2D eigenvalue weighted by atomic mass is 16.5. The van der Waals surface area contributed by atoms with E-state index in [0.29, 0.717) is 0 Å². The molecule has 0 amide bonds. The van der Waals surface area contributed by atoms with Gasteiger partial charge >= 0.3 is 0 Å². The van der Waals surface area contributed by atoms with Gasteiger partial charge in [-0.25, -0.2) is 0 Å². The topological polar surface area (TPSA) is 38.5 Å². The van der Waals surface area contributed by atoms with Crippen molar-refractivity contribution in [3.63, 3.8) is 0 Å². The molecule has 1 rings (SSSR count). The van der Waals surface area contributed by atoms with Crippen LogP contribution in [-0.4, -0.2) is 44.8 Å². The van der Waals surface area contributed by atoms with Gasteiger partial charge in [-0.3, -0.25) is 0 Å². The van der Waals surface area contributed by atoms with Gasteiger partial charge in [-0.15, -0.1) is 0 Å². The molecule has 1 heterocycles. The van der Waals surface area contributed by atoms with E-state index < -0.39 is 0 Å². The number of nitrogens with two attached hydrogens (primary N) is 1. The van der Waals surface area contributed by atoms with Crippen LogP contribution in [-0.2, 0) is 4.74 Å². The molecule has 16 heavy (non-hydrogen) atoms. The van der Waals surface area contributed by atoms with Crippen molar-refractivity contribution in [1.29, 1.82) is 0 Å². The Kier molecular flexibility index (Phi) is 7.81. The molecule has 3 nitrogen and oxygen atoms in total. The van der Waals surface area contributed by atoms with Crippen LogP contribution in [0.1, 0.15) is 38.5 Å². The minimum Gasteiger partial charge on any atom is -0.381 e.